The number of sulfone groups is 1. The fourth-order valence-electron chi connectivity index (χ4n) is 3.68. The smallest absolute Gasteiger partial charge is 0.275 e. The van der Waals surface area contributed by atoms with Crippen molar-refractivity contribution in [2.75, 3.05) is 18.4 Å². The van der Waals surface area contributed by atoms with Gasteiger partial charge in [0.2, 0.25) is 12.7 Å². The highest BCUT2D eigenvalue weighted by atomic mass is 32.2. The molecule has 0 saturated carbocycles. The number of carbonyl (C=O) groups is 1. The predicted molar refractivity (Wildman–Crippen MR) is 114 cm³/mol. The molecule has 0 spiro atoms. The van der Waals surface area contributed by atoms with E-state index in [0.717, 1.165) is 50.7 Å². The summed E-state index contributed by atoms with van der Waals surface area (Å²) < 4.78 is 84.5. The van der Waals surface area contributed by atoms with Crippen molar-refractivity contribution >= 4 is 21.4 Å². The summed E-state index contributed by atoms with van der Waals surface area (Å²) in [5.41, 5.74) is 2.78. The van der Waals surface area contributed by atoms with E-state index in [0.29, 0.717) is 0 Å². The van der Waals surface area contributed by atoms with Crippen LogP contribution >= 0.6 is 0 Å². The monoisotopic (exact) mass is 505 g/mol. The SMILES string of the molecule is C[C@]1(c2cc(NC(=O)c3cnc(OCF)cn3)ccc2F)NC(N)[C@](C)(S(C)(=O)=O)CC1(F)F. The second kappa shape index (κ2) is 8.74. The number of piperidine rings is 1. The van der Waals surface area contributed by atoms with Gasteiger partial charge in [-0.05, 0) is 32.0 Å². The fraction of sp³-hybridized carbons (Fsp3) is 0.450. The Morgan fingerprint density at radius 1 is 1.29 bits per heavy atom. The van der Waals surface area contributed by atoms with Gasteiger partial charge >= 0.3 is 0 Å². The molecule has 1 aromatic carbocycles. The Morgan fingerprint density at radius 3 is 2.53 bits per heavy atom. The third-order valence-corrected chi connectivity index (χ3v) is 8.17. The minimum absolute atomic E-state index is 0.0453. The fourth-order valence-corrected chi connectivity index (χ4v) is 4.64. The first kappa shape index (κ1) is 25.8. The van der Waals surface area contributed by atoms with Crippen LogP contribution in [0.1, 0.15) is 36.3 Å². The lowest BCUT2D eigenvalue weighted by Crippen LogP contribution is -2.74. The largest absolute Gasteiger partial charge is 0.445 e. The van der Waals surface area contributed by atoms with Crippen LogP contribution in [0.3, 0.4) is 0 Å². The molecule has 186 valence electrons. The lowest BCUT2D eigenvalue weighted by atomic mass is 9.75. The third kappa shape index (κ3) is 4.44. The number of hydrogen-bond acceptors (Lipinski definition) is 8. The highest BCUT2D eigenvalue weighted by Crippen LogP contribution is 2.49. The molecule has 2 heterocycles. The molecule has 3 atom stereocenters. The molecule has 1 fully saturated rings. The van der Waals surface area contributed by atoms with Gasteiger partial charge in [0, 0.05) is 23.9 Å². The first-order chi connectivity index (χ1) is 15.6. The Kier molecular flexibility index (Phi) is 6.63. The van der Waals surface area contributed by atoms with Gasteiger partial charge in [0.15, 0.2) is 9.84 Å². The van der Waals surface area contributed by atoms with Gasteiger partial charge in [-0.3, -0.25) is 10.1 Å². The number of hydrogen-bond donors (Lipinski definition) is 3. The van der Waals surface area contributed by atoms with Crippen molar-refractivity contribution < 1.29 is 35.5 Å². The minimum Gasteiger partial charge on any atom is -0.445 e. The van der Waals surface area contributed by atoms with Gasteiger partial charge in [0.05, 0.1) is 18.6 Å². The lowest BCUT2D eigenvalue weighted by Gasteiger charge is -2.52. The highest BCUT2D eigenvalue weighted by molar-refractivity contribution is 7.92. The number of benzene rings is 1. The number of ether oxygens (including phenoxy) is 1. The van der Waals surface area contributed by atoms with E-state index < -0.39 is 62.8 Å². The van der Waals surface area contributed by atoms with Gasteiger partial charge in [-0.15, -0.1) is 0 Å². The Morgan fingerprint density at radius 2 is 1.97 bits per heavy atom. The number of aromatic nitrogens is 2. The van der Waals surface area contributed by atoms with E-state index in [1.165, 1.54) is 0 Å². The second-order valence-electron chi connectivity index (χ2n) is 8.36. The molecule has 4 N–H and O–H groups in total. The number of carbonyl (C=O) groups excluding carboxylic acids is 1. The van der Waals surface area contributed by atoms with Gasteiger partial charge in [-0.1, -0.05) is 0 Å². The molecule has 3 rings (SSSR count). The summed E-state index contributed by atoms with van der Waals surface area (Å²) in [4.78, 5) is 19.9. The van der Waals surface area contributed by atoms with Crippen molar-refractivity contribution in [1.29, 1.82) is 0 Å². The quantitative estimate of drug-likeness (QED) is 0.508. The number of nitrogens with two attached hydrogens (primary N) is 1. The normalized spacial score (nSPS) is 26.6. The zero-order chi connectivity index (χ0) is 25.5. The van der Waals surface area contributed by atoms with Crippen LogP contribution in [0.2, 0.25) is 0 Å². The standard InChI is InChI=1S/C20H23F4N5O4S/c1-18(34(3,31)32)9-20(23,24)19(2,29-17(18)25)12-6-11(4-5-13(12)22)28-16(30)14-7-27-15(8-26-14)33-10-21/h4-8,17,29H,9-10,25H2,1-3H3,(H,28,30)/t17?,18-,19-/m1/s1. The lowest BCUT2D eigenvalue weighted by molar-refractivity contribution is -0.130. The van der Waals surface area contributed by atoms with E-state index >= 15 is 8.78 Å². The topological polar surface area (TPSA) is 136 Å². The zero-order valence-electron chi connectivity index (χ0n) is 18.4. The van der Waals surface area contributed by atoms with E-state index in [9.17, 15) is 22.0 Å². The summed E-state index contributed by atoms with van der Waals surface area (Å²) in [6.07, 6.45) is 0.239. The Bertz CT molecular complexity index is 1200. The Balaban J connectivity index is 1.93. The number of rotatable bonds is 6. The van der Waals surface area contributed by atoms with E-state index in [2.05, 4.69) is 25.3 Å². The number of nitrogens with zero attached hydrogens (tertiary/aromatic N) is 2. The van der Waals surface area contributed by atoms with Crippen molar-refractivity contribution in [3.63, 3.8) is 0 Å². The molecule has 1 aromatic heterocycles. The average Bonchev–Trinajstić information content (AvgIpc) is 2.73. The maximum absolute atomic E-state index is 15.4. The van der Waals surface area contributed by atoms with Crippen molar-refractivity contribution in [3.8, 4) is 5.88 Å². The summed E-state index contributed by atoms with van der Waals surface area (Å²) in [7, 11) is -4.01. The van der Waals surface area contributed by atoms with Gasteiger partial charge in [0.25, 0.3) is 11.8 Å². The summed E-state index contributed by atoms with van der Waals surface area (Å²) in [5, 5.41) is 4.79. The molecule has 1 amide bonds. The molecule has 0 aliphatic carbocycles. The van der Waals surface area contributed by atoms with Crippen LogP contribution in [-0.2, 0) is 15.4 Å². The van der Waals surface area contributed by atoms with Crippen LogP contribution in [-0.4, -0.2) is 54.2 Å². The van der Waals surface area contributed by atoms with Crippen molar-refractivity contribution in [3.05, 3.63) is 47.7 Å². The molecule has 1 aliphatic heterocycles. The van der Waals surface area contributed by atoms with Crippen LogP contribution in [0.15, 0.2) is 30.6 Å². The molecule has 9 nitrogen and oxygen atoms in total. The molecule has 34 heavy (non-hydrogen) atoms. The van der Waals surface area contributed by atoms with Crippen molar-refractivity contribution in [1.82, 2.24) is 15.3 Å². The number of alkyl halides is 3. The number of halogens is 4. The molecule has 14 heteroatoms. The summed E-state index contributed by atoms with van der Waals surface area (Å²) in [6.45, 7) is 0.974. The highest BCUT2D eigenvalue weighted by Gasteiger charge is 2.64. The van der Waals surface area contributed by atoms with Gasteiger partial charge in [0.1, 0.15) is 21.8 Å². The zero-order valence-corrected chi connectivity index (χ0v) is 19.2. The average molecular weight is 505 g/mol. The van der Waals surface area contributed by atoms with Crippen LogP contribution in [0.25, 0.3) is 0 Å². The van der Waals surface area contributed by atoms with Crippen LogP contribution in [0, 0.1) is 5.82 Å². The number of nitrogens with one attached hydrogen (secondary N) is 2. The summed E-state index contributed by atoms with van der Waals surface area (Å²) >= 11 is 0. The molecule has 0 bridgehead atoms. The van der Waals surface area contributed by atoms with E-state index in [-0.39, 0.29) is 17.3 Å². The van der Waals surface area contributed by atoms with Gasteiger partial charge in [-0.2, -0.15) is 0 Å². The Labute approximate surface area is 193 Å². The van der Waals surface area contributed by atoms with E-state index in [4.69, 9.17) is 5.73 Å². The first-order valence-corrected chi connectivity index (χ1v) is 11.8. The van der Waals surface area contributed by atoms with Gasteiger partial charge < -0.3 is 15.8 Å². The third-order valence-electron chi connectivity index (χ3n) is 6.08. The predicted octanol–water partition coefficient (Wildman–Crippen LogP) is 2.11. The van der Waals surface area contributed by atoms with Crippen molar-refractivity contribution in [2.24, 2.45) is 5.73 Å². The van der Waals surface area contributed by atoms with Crippen LogP contribution in [0.5, 0.6) is 5.88 Å². The molecular formula is C20H23F4N5O4S. The molecule has 1 unspecified atom stereocenters. The minimum atomic E-state index is -4.01. The second-order valence-corrected chi connectivity index (χ2v) is 10.8. The van der Waals surface area contributed by atoms with Crippen molar-refractivity contribution in [2.45, 2.75) is 42.6 Å². The Hall–Kier alpha value is -2.84. The maximum atomic E-state index is 15.4. The molecular weight excluding hydrogens is 482 g/mol. The van der Waals surface area contributed by atoms with Gasteiger partial charge in [-0.25, -0.2) is 35.9 Å². The van der Waals surface area contributed by atoms with E-state index in [1.807, 2.05) is 0 Å². The molecule has 0 radical (unpaired) electrons. The van der Waals surface area contributed by atoms with E-state index in [1.54, 1.807) is 0 Å². The van der Waals surface area contributed by atoms with Crippen LogP contribution in [0.4, 0.5) is 23.2 Å². The van der Waals surface area contributed by atoms with Crippen LogP contribution < -0.4 is 21.1 Å². The molecule has 1 saturated heterocycles. The summed E-state index contributed by atoms with van der Waals surface area (Å²) in [5.74, 6) is -5.72. The summed E-state index contributed by atoms with van der Waals surface area (Å²) in [6, 6.07) is 3.03. The molecule has 2 aromatic rings. The maximum Gasteiger partial charge on any atom is 0.275 e. The molecule has 1 aliphatic rings. The number of anilines is 1. The number of amides is 1. The first-order valence-electron chi connectivity index (χ1n) is 9.87.